The number of benzene rings is 3. The van der Waals surface area contributed by atoms with E-state index in [-0.39, 0.29) is 12.3 Å². The van der Waals surface area contributed by atoms with E-state index in [9.17, 15) is 4.79 Å². The highest BCUT2D eigenvalue weighted by Crippen LogP contribution is 2.16. The van der Waals surface area contributed by atoms with Gasteiger partial charge in [0.15, 0.2) is 0 Å². The third-order valence-corrected chi connectivity index (χ3v) is 4.64. The number of carbonyl (C=O) groups is 1. The van der Waals surface area contributed by atoms with Gasteiger partial charge in [-0.15, -0.1) is 0 Å². The van der Waals surface area contributed by atoms with Crippen LogP contribution in [0.5, 0.6) is 5.75 Å². The maximum atomic E-state index is 12.0. The van der Waals surface area contributed by atoms with Crippen molar-refractivity contribution in [3.05, 3.63) is 99.0 Å². The maximum absolute atomic E-state index is 12.0. The molecule has 0 unspecified atom stereocenters. The predicted molar refractivity (Wildman–Crippen MR) is 116 cm³/mol. The van der Waals surface area contributed by atoms with E-state index in [1.165, 1.54) is 0 Å². The standard InChI is InChI=1S/C22H18BrClN2O2/c23-19-8-4-16(5-9-19)13-22(27)26-25-14-18-2-1-3-21(12-18)28-15-17-6-10-20(24)11-7-17/h1-12,14H,13,15H2,(H,26,27)/b25-14-. The molecule has 0 heterocycles. The first-order chi connectivity index (χ1) is 13.6. The van der Waals surface area contributed by atoms with Gasteiger partial charge in [-0.2, -0.15) is 5.10 Å². The van der Waals surface area contributed by atoms with Gasteiger partial charge in [-0.1, -0.05) is 63.9 Å². The molecule has 0 aliphatic rings. The van der Waals surface area contributed by atoms with Crippen molar-refractivity contribution in [1.82, 2.24) is 5.43 Å². The molecule has 0 fully saturated rings. The van der Waals surface area contributed by atoms with Gasteiger partial charge in [0.2, 0.25) is 5.91 Å². The highest BCUT2D eigenvalue weighted by Gasteiger charge is 2.02. The molecule has 0 atom stereocenters. The third kappa shape index (κ3) is 6.51. The Morgan fingerprint density at radius 2 is 1.75 bits per heavy atom. The number of rotatable bonds is 7. The minimum absolute atomic E-state index is 0.172. The largest absolute Gasteiger partial charge is 0.489 e. The maximum Gasteiger partial charge on any atom is 0.244 e. The second-order valence-electron chi connectivity index (χ2n) is 6.08. The van der Waals surface area contributed by atoms with Crippen molar-refractivity contribution < 1.29 is 9.53 Å². The van der Waals surface area contributed by atoms with Crippen LogP contribution in [-0.2, 0) is 17.8 Å². The molecule has 142 valence electrons. The number of hydrogen-bond donors (Lipinski definition) is 1. The molecule has 0 spiro atoms. The normalized spacial score (nSPS) is 10.8. The van der Waals surface area contributed by atoms with E-state index in [4.69, 9.17) is 16.3 Å². The van der Waals surface area contributed by atoms with Crippen molar-refractivity contribution in [3.8, 4) is 5.75 Å². The van der Waals surface area contributed by atoms with E-state index >= 15 is 0 Å². The van der Waals surface area contributed by atoms with Gasteiger partial charge in [0.05, 0.1) is 12.6 Å². The van der Waals surface area contributed by atoms with E-state index in [1.807, 2.05) is 72.8 Å². The molecular formula is C22H18BrClN2O2. The Morgan fingerprint density at radius 3 is 2.50 bits per heavy atom. The fourth-order valence-corrected chi connectivity index (χ4v) is 2.83. The molecular weight excluding hydrogens is 440 g/mol. The molecule has 0 saturated carbocycles. The van der Waals surface area contributed by atoms with Crippen molar-refractivity contribution >= 4 is 39.7 Å². The predicted octanol–water partition coefficient (Wildman–Crippen LogP) is 5.37. The summed E-state index contributed by atoms with van der Waals surface area (Å²) in [5, 5.41) is 4.72. The smallest absolute Gasteiger partial charge is 0.244 e. The molecule has 0 aliphatic carbocycles. The summed E-state index contributed by atoms with van der Waals surface area (Å²) < 4.78 is 6.77. The molecule has 6 heteroatoms. The van der Waals surface area contributed by atoms with Crippen molar-refractivity contribution in [3.63, 3.8) is 0 Å². The minimum atomic E-state index is -0.172. The van der Waals surface area contributed by atoms with Gasteiger partial charge in [-0.25, -0.2) is 5.43 Å². The number of nitrogens with zero attached hydrogens (tertiary/aromatic N) is 1. The molecule has 0 bridgehead atoms. The Bertz CT molecular complexity index is 957. The summed E-state index contributed by atoms with van der Waals surface area (Å²) in [4.78, 5) is 12.0. The van der Waals surface area contributed by atoms with Crippen LogP contribution < -0.4 is 10.2 Å². The van der Waals surface area contributed by atoms with Gasteiger partial charge in [0, 0.05) is 9.50 Å². The molecule has 1 amide bonds. The zero-order chi connectivity index (χ0) is 19.8. The Kier molecular flexibility index (Phi) is 7.23. The average Bonchev–Trinajstić information content (AvgIpc) is 2.70. The van der Waals surface area contributed by atoms with Crippen LogP contribution in [0.25, 0.3) is 0 Å². The molecule has 0 saturated heterocycles. The summed E-state index contributed by atoms with van der Waals surface area (Å²) in [5.74, 6) is 0.550. The molecule has 0 aromatic heterocycles. The number of hydrazone groups is 1. The van der Waals surface area contributed by atoms with Crippen molar-refractivity contribution in [2.75, 3.05) is 0 Å². The van der Waals surface area contributed by atoms with E-state index in [2.05, 4.69) is 26.5 Å². The second-order valence-corrected chi connectivity index (χ2v) is 7.44. The Hall–Kier alpha value is -2.63. The summed E-state index contributed by atoms with van der Waals surface area (Å²) in [6.07, 6.45) is 1.86. The molecule has 0 aliphatic heterocycles. The molecule has 3 aromatic carbocycles. The monoisotopic (exact) mass is 456 g/mol. The van der Waals surface area contributed by atoms with Crippen LogP contribution in [0.4, 0.5) is 0 Å². The molecule has 0 radical (unpaired) electrons. The van der Waals surface area contributed by atoms with Crippen LogP contribution in [0.2, 0.25) is 5.02 Å². The van der Waals surface area contributed by atoms with Gasteiger partial charge in [-0.3, -0.25) is 4.79 Å². The zero-order valence-corrected chi connectivity index (χ0v) is 17.3. The van der Waals surface area contributed by atoms with Crippen LogP contribution in [0.1, 0.15) is 16.7 Å². The Morgan fingerprint density at radius 1 is 1.04 bits per heavy atom. The lowest BCUT2D eigenvalue weighted by Gasteiger charge is -2.07. The van der Waals surface area contributed by atoms with Crippen LogP contribution >= 0.6 is 27.5 Å². The van der Waals surface area contributed by atoms with E-state index in [0.717, 1.165) is 26.9 Å². The summed E-state index contributed by atoms with van der Waals surface area (Å²) in [6.45, 7) is 0.446. The van der Waals surface area contributed by atoms with Gasteiger partial charge in [-0.05, 0) is 53.1 Å². The number of hydrogen-bond acceptors (Lipinski definition) is 3. The Labute approximate surface area is 177 Å². The number of amides is 1. The molecule has 3 rings (SSSR count). The quantitative estimate of drug-likeness (QED) is 0.383. The minimum Gasteiger partial charge on any atom is -0.489 e. The highest BCUT2D eigenvalue weighted by molar-refractivity contribution is 9.10. The Balaban J connectivity index is 1.51. The zero-order valence-electron chi connectivity index (χ0n) is 14.9. The van der Waals surface area contributed by atoms with E-state index in [0.29, 0.717) is 11.6 Å². The van der Waals surface area contributed by atoms with Crippen LogP contribution in [0.15, 0.2) is 82.4 Å². The van der Waals surface area contributed by atoms with Crippen LogP contribution in [0.3, 0.4) is 0 Å². The third-order valence-electron chi connectivity index (χ3n) is 3.86. The van der Waals surface area contributed by atoms with Gasteiger partial charge in [0.25, 0.3) is 0 Å². The topological polar surface area (TPSA) is 50.7 Å². The number of carbonyl (C=O) groups excluding carboxylic acids is 1. The SMILES string of the molecule is O=C(Cc1ccc(Br)cc1)N/N=C\c1cccc(OCc2ccc(Cl)cc2)c1. The van der Waals surface area contributed by atoms with Crippen LogP contribution in [0, 0.1) is 0 Å². The highest BCUT2D eigenvalue weighted by atomic mass is 79.9. The fourth-order valence-electron chi connectivity index (χ4n) is 2.44. The lowest BCUT2D eigenvalue weighted by atomic mass is 10.1. The van der Waals surface area contributed by atoms with E-state index < -0.39 is 0 Å². The fraction of sp³-hybridized carbons (Fsp3) is 0.0909. The van der Waals surface area contributed by atoms with Gasteiger partial charge >= 0.3 is 0 Å². The molecule has 1 N–H and O–H groups in total. The summed E-state index contributed by atoms with van der Waals surface area (Å²) in [6, 6.07) is 22.6. The number of nitrogens with one attached hydrogen (secondary N) is 1. The summed E-state index contributed by atoms with van der Waals surface area (Å²) in [5.41, 5.74) is 5.33. The second kappa shape index (κ2) is 10.1. The summed E-state index contributed by atoms with van der Waals surface area (Å²) in [7, 11) is 0. The lowest BCUT2D eigenvalue weighted by molar-refractivity contribution is -0.120. The first-order valence-electron chi connectivity index (χ1n) is 8.62. The van der Waals surface area contributed by atoms with Crippen LogP contribution in [-0.4, -0.2) is 12.1 Å². The summed E-state index contributed by atoms with van der Waals surface area (Å²) >= 11 is 9.26. The first kappa shape index (κ1) is 20.1. The molecule has 3 aromatic rings. The molecule has 4 nitrogen and oxygen atoms in total. The first-order valence-corrected chi connectivity index (χ1v) is 9.79. The van der Waals surface area contributed by atoms with Crippen molar-refractivity contribution in [2.24, 2.45) is 5.10 Å². The lowest BCUT2D eigenvalue weighted by Crippen LogP contribution is -2.19. The van der Waals surface area contributed by atoms with Crippen molar-refractivity contribution in [1.29, 1.82) is 0 Å². The van der Waals surface area contributed by atoms with Crippen molar-refractivity contribution in [2.45, 2.75) is 13.0 Å². The number of halogens is 2. The van der Waals surface area contributed by atoms with Gasteiger partial charge < -0.3 is 4.74 Å². The van der Waals surface area contributed by atoms with Gasteiger partial charge in [0.1, 0.15) is 12.4 Å². The number of ether oxygens (including phenoxy) is 1. The van der Waals surface area contributed by atoms with E-state index in [1.54, 1.807) is 6.21 Å². The molecule has 28 heavy (non-hydrogen) atoms. The average molecular weight is 458 g/mol.